The minimum Gasteiger partial charge on any atom is -0.508 e. The average Bonchev–Trinajstić information content (AvgIpc) is 3.25. The summed E-state index contributed by atoms with van der Waals surface area (Å²) in [7, 11) is 1.62. The highest BCUT2D eigenvalue weighted by Gasteiger charge is 2.59. The van der Waals surface area contributed by atoms with E-state index in [9.17, 15) is 15.0 Å². The summed E-state index contributed by atoms with van der Waals surface area (Å²) in [4.78, 5) is 15.0. The molecule has 6 nitrogen and oxygen atoms in total. The third-order valence-electron chi connectivity index (χ3n) is 10.1. The van der Waals surface area contributed by atoms with Crippen molar-refractivity contribution in [2.75, 3.05) is 26.8 Å². The number of carbonyl (C=O) groups excluding carboxylic acids is 1. The van der Waals surface area contributed by atoms with Crippen LogP contribution in [-0.2, 0) is 11.2 Å². The number of rotatable bonds is 9. The molecule has 7 atom stereocenters. The topological polar surface area (TPSA) is 93.8 Å². The Labute approximate surface area is 236 Å². The molecule has 0 aliphatic heterocycles. The molecule has 3 aliphatic carbocycles. The van der Waals surface area contributed by atoms with Gasteiger partial charge >= 0.3 is 0 Å². The molecule has 0 aromatic heterocycles. The van der Waals surface area contributed by atoms with Crippen LogP contribution >= 0.6 is 0 Å². The van der Waals surface area contributed by atoms with E-state index in [-0.39, 0.29) is 35.3 Å². The van der Waals surface area contributed by atoms with Gasteiger partial charge < -0.3 is 19.8 Å². The number of nitrogens with zero attached hydrogens (tertiary/aromatic N) is 2. The van der Waals surface area contributed by atoms with E-state index in [2.05, 4.69) is 13.0 Å². The van der Waals surface area contributed by atoms with Crippen LogP contribution in [0.2, 0.25) is 0 Å². The number of phenols is 1. The Bertz CT molecular complexity index is 1240. The van der Waals surface area contributed by atoms with E-state index in [1.54, 1.807) is 37.4 Å². The second kappa shape index (κ2) is 11.9. The fourth-order valence-corrected chi connectivity index (χ4v) is 8.13. The largest absolute Gasteiger partial charge is 0.508 e. The lowest BCUT2D eigenvalue weighted by Crippen LogP contribution is -2.51. The molecule has 1 amide bonds. The molecule has 214 valence electrons. The molecule has 2 saturated carbocycles. The maximum atomic E-state index is 16.0. The summed E-state index contributed by atoms with van der Waals surface area (Å²) in [6.07, 6.45) is 4.01. The number of unbranched alkanes of at least 4 members (excludes halogenated alkanes) is 1. The van der Waals surface area contributed by atoms with Gasteiger partial charge in [-0.2, -0.15) is 5.26 Å². The number of halogens is 1. The lowest BCUT2D eigenvalue weighted by Gasteiger charge is -2.54. The molecule has 2 N–H and O–H groups in total. The standard InChI is InChI=1S/C33H41FN2O4/c1-33-19-28(34)31-26-11-10-25(37)18-24(26)17-23(30(31)27(33)12-13-29(33)38)5-3-4-14-36(15-16-40-2)32(39)22-8-6-21(20-35)7-9-22/h6-11,18,23,27-31,37-38H,3-5,12-17,19H2,1-2H3/t23?,27?,28?,29?,30?,31?,33-/m0/s1. The van der Waals surface area contributed by atoms with E-state index < -0.39 is 17.7 Å². The predicted molar refractivity (Wildman–Crippen MR) is 151 cm³/mol. The molecule has 0 saturated heterocycles. The number of benzene rings is 2. The molecular weight excluding hydrogens is 507 g/mol. The van der Waals surface area contributed by atoms with E-state index in [0.29, 0.717) is 37.2 Å². The number of hydrogen-bond donors (Lipinski definition) is 2. The highest BCUT2D eigenvalue weighted by atomic mass is 19.1. The van der Waals surface area contributed by atoms with Crippen molar-refractivity contribution in [3.63, 3.8) is 0 Å². The Morgan fingerprint density at radius 3 is 2.67 bits per heavy atom. The highest BCUT2D eigenvalue weighted by molar-refractivity contribution is 5.94. The summed E-state index contributed by atoms with van der Waals surface area (Å²) in [6, 6.07) is 14.2. The fraction of sp³-hybridized carbons (Fsp3) is 0.576. The predicted octanol–water partition coefficient (Wildman–Crippen LogP) is 5.61. The zero-order chi connectivity index (χ0) is 28.4. The van der Waals surface area contributed by atoms with Crippen LogP contribution in [0.1, 0.15) is 78.4 Å². The molecule has 3 aliphatic rings. The molecule has 2 aromatic carbocycles. The van der Waals surface area contributed by atoms with Crippen molar-refractivity contribution in [1.29, 1.82) is 5.26 Å². The number of fused-ring (bicyclic) bond motifs is 5. The third-order valence-corrected chi connectivity index (χ3v) is 10.1. The first-order chi connectivity index (χ1) is 19.3. The Kier molecular flexibility index (Phi) is 8.49. The Hall–Kier alpha value is -2.95. The Balaban J connectivity index is 1.30. The smallest absolute Gasteiger partial charge is 0.253 e. The number of ether oxygens (including phenoxy) is 1. The molecule has 5 rings (SSSR count). The van der Waals surface area contributed by atoms with Crippen molar-refractivity contribution < 1.29 is 24.1 Å². The first-order valence-electron chi connectivity index (χ1n) is 14.7. The number of hydrogen-bond acceptors (Lipinski definition) is 5. The summed E-state index contributed by atoms with van der Waals surface area (Å²) >= 11 is 0. The number of aromatic hydroxyl groups is 1. The van der Waals surface area contributed by atoms with Crippen molar-refractivity contribution >= 4 is 5.91 Å². The van der Waals surface area contributed by atoms with Gasteiger partial charge in [0, 0.05) is 31.7 Å². The average molecular weight is 549 g/mol. The summed E-state index contributed by atoms with van der Waals surface area (Å²) in [5.74, 6) is 0.642. The molecule has 40 heavy (non-hydrogen) atoms. The van der Waals surface area contributed by atoms with Crippen molar-refractivity contribution in [3.05, 3.63) is 64.7 Å². The lowest BCUT2D eigenvalue weighted by atomic mass is 9.51. The van der Waals surface area contributed by atoms with Gasteiger partial charge in [-0.1, -0.05) is 19.4 Å². The minimum absolute atomic E-state index is 0.0769. The maximum absolute atomic E-state index is 16.0. The maximum Gasteiger partial charge on any atom is 0.253 e. The summed E-state index contributed by atoms with van der Waals surface area (Å²) < 4.78 is 21.2. The van der Waals surface area contributed by atoms with Crippen LogP contribution in [-0.4, -0.2) is 60.1 Å². The van der Waals surface area contributed by atoms with E-state index in [0.717, 1.165) is 49.7 Å². The number of methoxy groups -OCH3 is 1. The number of aliphatic hydroxyl groups is 1. The van der Waals surface area contributed by atoms with Crippen molar-refractivity contribution in [3.8, 4) is 11.8 Å². The quantitative estimate of drug-likeness (QED) is 0.397. The SMILES string of the molecule is COCCN(CCCCC1Cc2cc(O)ccc2C2C(F)C[C@]3(C)C(O)CCC3C12)C(=O)c1ccc(C#N)cc1. The van der Waals surface area contributed by atoms with Crippen LogP contribution in [0, 0.1) is 34.5 Å². The van der Waals surface area contributed by atoms with Crippen LogP contribution in [0.25, 0.3) is 0 Å². The van der Waals surface area contributed by atoms with Crippen LogP contribution in [0.3, 0.4) is 0 Å². The first kappa shape index (κ1) is 28.6. The summed E-state index contributed by atoms with van der Waals surface area (Å²) in [6.45, 7) is 3.60. The van der Waals surface area contributed by atoms with Crippen LogP contribution in [0.4, 0.5) is 4.39 Å². The van der Waals surface area contributed by atoms with Gasteiger partial charge in [-0.05, 0) is 109 Å². The molecule has 0 bridgehead atoms. The van der Waals surface area contributed by atoms with E-state index in [1.807, 2.05) is 17.0 Å². The lowest BCUT2D eigenvalue weighted by molar-refractivity contribution is -0.0722. The van der Waals surface area contributed by atoms with E-state index >= 15 is 4.39 Å². The molecule has 6 unspecified atom stereocenters. The number of carbonyl (C=O) groups is 1. The van der Waals surface area contributed by atoms with Crippen molar-refractivity contribution in [2.24, 2.45) is 23.2 Å². The molecule has 2 fully saturated rings. The minimum atomic E-state index is -1.01. The van der Waals surface area contributed by atoms with Crippen LogP contribution < -0.4 is 0 Å². The normalized spacial score (nSPS) is 30.6. The molecular formula is C33H41FN2O4. The first-order valence-corrected chi connectivity index (χ1v) is 14.7. The van der Waals surface area contributed by atoms with Crippen LogP contribution in [0.15, 0.2) is 42.5 Å². The monoisotopic (exact) mass is 548 g/mol. The van der Waals surface area contributed by atoms with Crippen LogP contribution in [0.5, 0.6) is 5.75 Å². The van der Waals surface area contributed by atoms with Crippen molar-refractivity contribution in [1.82, 2.24) is 4.90 Å². The zero-order valence-electron chi connectivity index (χ0n) is 23.6. The molecule has 0 radical (unpaired) electrons. The van der Waals surface area contributed by atoms with Gasteiger partial charge in [0.1, 0.15) is 11.9 Å². The number of alkyl halides is 1. The molecule has 2 aromatic rings. The Morgan fingerprint density at radius 2 is 1.95 bits per heavy atom. The number of phenolic OH excluding ortho intramolecular Hbond substituents is 1. The van der Waals surface area contributed by atoms with Gasteiger partial charge in [0.25, 0.3) is 5.91 Å². The van der Waals surface area contributed by atoms with E-state index in [4.69, 9.17) is 10.00 Å². The van der Waals surface area contributed by atoms with Gasteiger partial charge in [0.2, 0.25) is 0 Å². The Morgan fingerprint density at radius 1 is 1.18 bits per heavy atom. The summed E-state index contributed by atoms with van der Waals surface area (Å²) in [5.41, 5.74) is 2.77. The van der Waals surface area contributed by atoms with Gasteiger partial charge in [0.05, 0.1) is 24.3 Å². The zero-order valence-corrected chi connectivity index (χ0v) is 23.6. The fourth-order valence-electron chi connectivity index (χ4n) is 8.13. The van der Waals surface area contributed by atoms with E-state index in [1.165, 1.54) is 0 Å². The molecule has 0 spiro atoms. The second-order valence-corrected chi connectivity index (χ2v) is 12.3. The van der Waals surface area contributed by atoms with Gasteiger partial charge in [-0.15, -0.1) is 0 Å². The molecule has 7 heteroatoms. The molecule has 0 heterocycles. The highest BCUT2D eigenvalue weighted by Crippen LogP contribution is 2.63. The van der Waals surface area contributed by atoms with Gasteiger partial charge in [-0.25, -0.2) is 4.39 Å². The van der Waals surface area contributed by atoms with Gasteiger partial charge in [0.15, 0.2) is 0 Å². The third kappa shape index (κ3) is 5.36. The number of nitriles is 1. The number of aliphatic hydroxyl groups excluding tert-OH is 1. The van der Waals surface area contributed by atoms with Gasteiger partial charge in [-0.3, -0.25) is 4.79 Å². The number of amides is 1. The summed E-state index contributed by atoms with van der Waals surface area (Å²) in [5, 5.41) is 30.1. The second-order valence-electron chi connectivity index (χ2n) is 12.3. The van der Waals surface area contributed by atoms with Crippen molar-refractivity contribution in [2.45, 2.75) is 70.1 Å².